The van der Waals surface area contributed by atoms with Gasteiger partial charge in [-0.3, -0.25) is 10.2 Å². The highest BCUT2D eigenvalue weighted by molar-refractivity contribution is 7.09. The molecule has 0 atom stereocenters. The number of benzene rings is 1. The average molecular weight is 388 g/mol. The smallest absolute Gasteiger partial charge is 0.270 e. The summed E-state index contributed by atoms with van der Waals surface area (Å²) in [6, 6.07) is 11.2. The van der Waals surface area contributed by atoms with E-state index in [2.05, 4.69) is 29.8 Å². The van der Waals surface area contributed by atoms with Gasteiger partial charge in [-0.05, 0) is 42.1 Å². The number of rotatable bonds is 10. The number of thiophene rings is 1. The Balaban J connectivity index is 2.16. The Morgan fingerprint density at radius 3 is 2.46 bits per heavy atom. The van der Waals surface area contributed by atoms with Crippen LogP contribution in [0.15, 0.2) is 72.2 Å². The molecule has 1 aromatic carbocycles. The Morgan fingerprint density at radius 2 is 1.88 bits per heavy atom. The quantitative estimate of drug-likeness (QED) is 0.354. The molecule has 1 heterocycles. The largest absolute Gasteiger partial charge is 0.330 e. The van der Waals surface area contributed by atoms with Crippen LogP contribution < -0.4 is 5.43 Å². The van der Waals surface area contributed by atoms with E-state index in [9.17, 15) is 4.79 Å². The predicted molar refractivity (Wildman–Crippen MR) is 112 cm³/mol. The van der Waals surface area contributed by atoms with Gasteiger partial charge in [-0.15, -0.1) is 24.5 Å². The summed E-state index contributed by atoms with van der Waals surface area (Å²) < 4.78 is 0. The molecule has 136 valence electrons. The van der Waals surface area contributed by atoms with Crippen LogP contribution in [0.3, 0.4) is 0 Å². The van der Waals surface area contributed by atoms with E-state index in [-0.39, 0.29) is 5.91 Å². The number of hydrogen-bond acceptors (Lipinski definition) is 4. The number of nitrogens with one attached hydrogen (secondary N) is 1. The van der Waals surface area contributed by atoms with Crippen LogP contribution in [0, 0.1) is 0 Å². The molecule has 2 aromatic rings. The number of carbonyl (C=O) groups is 1. The molecule has 0 unspecified atom stereocenters. The number of hydrogen-bond donors (Lipinski definition) is 1. The second-order valence-corrected chi connectivity index (χ2v) is 7.01. The Morgan fingerprint density at radius 1 is 1.19 bits per heavy atom. The Hall–Kier alpha value is -2.37. The highest BCUT2D eigenvalue weighted by Crippen LogP contribution is 2.15. The van der Waals surface area contributed by atoms with E-state index >= 15 is 0 Å². The van der Waals surface area contributed by atoms with Crippen LogP contribution in [0.4, 0.5) is 5.69 Å². The summed E-state index contributed by atoms with van der Waals surface area (Å²) in [6.07, 6.45) is 4.71. The lowest BCUT2D eigenvalue weighted by Gasteiger charge is -2.20. The lowest BCUT2D eigenvalue weighted by Crippen LogP contribution is -2.37. The van der Waals surface area contributed by atoms with Crippen molar-refractivity contribution in [3.05, 3.63) is 77.0 Å². The van der Waals surface area contributed by atoms with Crippen molar-refractivity contribution >= 4 is 40.2 Å². The molecule has 0 spiro atoms. The summed E-state index contributed by atoms with van der Waals surface area (Å²) in [5, 5.41) is 7.06. The van der Waals surface area contributed by atoms with Gasteiger partial charge < -0.3 is 4.90 Å². The lowest BCUT2D eigenvalue weighted by molar-refractivity contribution is -0.123. The molecule has 26 heavy (non-hydrogen) atoms. The van der Waals surface area contributed by atoms with Crippen molar-refractivity contribution in [3.8, 4) is 0 Å². The number of aryl methyl sites for hydroxylation is 1. The van der Waals surface area contributed by atoms with Crippen LogP contribution >= 0.6 is 22.9 Å². The monoisotopic (exact) mass is 387 g/mol. The van der Waals surface area contributed by atoms with Crippen molar-refractivity contribution in [2.45, 2.75) is 12.8 Å². The molecule has 0 fully saturated rings. The average Bonchev–Trinajstić information content (AvgIpc) is 3.16. The van der Waals surface area contributed by atoms with Crippen molar-refractivity contribution < 1.29 is 4.79 Å². The second kappa shape index (κ2) is 10.6. The maximum atomic E-state index is 12.9. The third-order valence-corrected chi connectivity index (χ3v) is 4.77. The molecular formula is C20H22ClN3OS. The van der Waals surface area contributed by atoms with Gasteiger partial charge in [-0.2, -0.15) is 5.10 Å². The SMILES string of the molecule is C=CCN(CC=C)C(=O)/C(CCc1cccs1)=N/Nc1ccc(Cl)cc1. The molecule has 0 bridgehead atoms. The third kappa shape index (κ3) is 6.17. The Bertz CT molecular complexity index is 744. The van der Waals surface area contributed by atoms with E-state index in [1.54, 1.807) is 40.5 Å². The van der Waals surface area contributed by atoms with Crippen molar-refractivity contribution in [3.63, 3.8) is 0 Å². The van der Waals surface area contributed by atoms with Crippen LogP contribution in [-0.2, 0) is 11.2 Å². The van der Waals surface area contributed by atoms with Gasteiger partial charge in [-0.25, -0.2) is 0 Å². The van der Waals surface area contributed by atoms with Crippen molar-refractivity contribution in [1.82, 2.24) is 4.90 Å². The first-order valence-corrected chi connectivity index (χ1v) is 9.51. The Kier molecular flexibility index (Phi) is 8.12. The lowest BCUT2D eigenvalue weighted by atomic mass is 10.1. The number of amides is 1. The molecule has 1 N–H and O–H groups in total. The van der Waals surface area contributed by atoms with Gasteiger partial charge in [0.2, 0.25) is 0 Å². The fourth-order valence-electron chi connectivity index (χ4n) is 2.30. The summed E-state index contributed by atoms with van der Waals surface area (Å²) in [7, 11) is 0. The number of carbonyl (C=O) groups excluding carboxylic acids is 1. The normalized spacial score (nSPS) is 11.0. The predicted octanol–water partition coefficient (Wildman–Crippen LogP) is 5.00. The van der Waals surface area contributed by atoms with Gasteiger partial charge in [0.15, 0.2) is 0 Å². The molecule has 4 nitrogen and oxygen atoms in total. The molecule has 6 heteroatoms. The van der Waals surface area contributed by atoms with E-state index in [0.29, 0.717) is 30.2 Å². The van der Waals surface area contributed by atoms with Crippen LogP contribution in [0.25, 0.3) is 0 Å². The summed E-state index contributed by atoms with van der Waals surface area (Å²) in [4.78, 5) is 15.8. The topological polar surface area (TPSA) is 44.7 Å². The standard InChI is InChI=1S/C20H22ClN3OS/c1-3-13-24(14-4-2)20(25)19(12-11-18-6-5-15-26-18)23-22-17-9-7-16(21)8-10-17/h3-10,15,22H,1-2,11-14H2/b23-19+. The molecule has 0 saturated heterocycles. The minimum Gasteiger partial charge on any atom is -0.330 e. The van der Waals surface area contributed by atoms with Crippen molar-refractivity contribution in [1.29, 1.82) is 0 Å². The summed E-state index contributed by atoms with van der Waals surface area (Å²) >= 11 is 7.57. The minimum atomic E-state index is -0.122. The zero-order valence-corrected chi connectivity index (χ0v) is 16.1. The van der Waals surface area contributed by atoms with Gasteiger partial charge >= 0.3 is 0 Å². The molecule has 0 aliphatic heterocycles. The Labute approximate surface area is 163 Å². The van der Waals surface area contributed by atoms with E-state index < -0.39 is 0 Å². The highest BCUT2D eigenvalue weighted by atomic mass is 35.5. The van der Waals surface area contributed by atoms with Crippen LogP contribution in [0.2, 0.25) is 5.02 Å². The molecule has 1 aromatic heterocycles. The van der Waals surface area contributed by atoms with E-state index in [1.165, 1.54) is 4.88 Å². The van der Waals surface area contributed by atoms with Crippen LogP contribution in [0.5, 0.6) is 0 Å². The molecule has 2 rings (SSSR count). The molecule has 0 aliphatic carbocycles. The van der Waals surface area contributed by atoms with Gasteiger partial charge in [0.25, 0.3) is 5.91 Å². The summed E-state index contributed by atoms with van der Waals surface area (Å²) in [5.41, 5.74) is 4.20. The first-order valence-electron chi connectivity index (χ1n) is 8.25. The first kappa shape index (κ1) is 19.9. The van der Waals surface area contributed by atoms with Crippen LogP contribution in [-0.4, -0.2) is 29.6 Å². The summed E-state index contributed by atoms with van der Waals surface area (Å²) in [5.74, 6) is -0.122. The molecular weight excluding hydrogens is 366 g/mol. The maximum Gasteiger partial charge on any atom is 0.270 e. The highest BCUT2D eigenvalue weighted by Gasteiger charge is 2.18. The van der Waals surface area contributed by atoms with E-state index in [4.69, 9.17) is 11.6 Å². The second-order valence-electron chi connectivity index (χ2n) is 5.54. The van der Waals surface area contributed by atoms with E-state index in [1.807, 2.05) is 23.6 Å². The van der Waals surface area contributed by atoms with E-state index in [0.717, 1.165) is 12.1 Å². The summed E-state index contributed by atoms with van der Waals surface area (Å²) in [6.45, 7) is 8.33. The van der Waals surface area contributed by atoms with Crippen LogP contribution in [0.1, 0.15) is 11.3 Å². The van der Waals surface area contributed by atoms with Crippen molar-refractivity contribution in [2.24, 2.45) is 5.10 Å². The zero-order valence-electron chi connectivity index (χ0n) is 14.5. The molecule has 0 aliphatic rings. The molecule has 0 radical (unpaired) electrons. The number of anilines is 1. The van der Waals surface area contributed by atoms with Crippen molar-refractivity contribution in [2.75, 3.05) is 18.5 Å². The van der Waals surface area contributed by atoms with Gasteiger partial charge in [-0.1, -0.05) is 29.8 Å². The number of hydrazone groups is 1. The third-order valence-electron chi connectivity index (χ3n) is 3.59. The van der Waals surface area contributed by atoms with Gasteiger partial charge in [0.05, 0.1) is 5.69 Å². The number of halogens is 1. The van der Waals surface area contributed by atoms with Gasteiger partial charge in [0.1, 0.15) is 5.71 Å². The number of nitrogens with zero attached hydrogens (tertiary/aromatic N) is 2. The molecule has 0 saturated carbocycles. The fraction of sp³-hybridized carbons (Fsp3) is 0.200. The fourth-order valence-corrected chi connectivity index (χ4v) is 3.13. The van der Waals surface area contributed by atoms with Gasteiger partial charge in [0, 0.05) is 29.4 Å². The molecule has 1 amide bonds. The minimum absolute atomic E-state index is 0.122. The maximum absolute atomic E-state index is 12.9. The first-order chi connectivity index (χ1) is 12.6. The zero-order chi connectivity index (χ0) is 18.8.